The Morgan fingerprint density at radius 2 is 0.787 bits per heavy atom. The van der Waals surface area contributed by atoms with Gasteiger partial charge in [0.1, 0.15) is 11.2 Å². The molecular weight excluding hydrogens is 572 g/mol. The molecule has 0 radical (unpaired) electrons. The lowest BCUT2D eigenvalue weighted by molar-refractivity contribution is 0.669. The first-order chi connectivity index (χ1) is 23.3. The van der Waals surface area contributed by atoms with E-state index < -0.39 is 0 Å². The molecule has 0 N–H and O–H groups in total. The molecule has 47 heavy (non-hydrogen) atoms. The van der Waals surface area contributed by atoms with Crippen LogP contribution in [-0.4, -0.2) is 9.13 Å². The van der Waals surface area contributed by atoms with Crippen LogP contribution in [0, 0.1) is 0 Å². The zero-order chi connectivity index (χ0) is 31.5. The molecule has 3 heteroatoms. The Hall–Kier alpha value is -6.06. The molecule has 0 saturated carbocycles. The highest BCUT2D eigenvalue weighted by Gasteiger charge is 2.17. The molecule has 10 rings (SSSR count). The molecule has 3 heterocycles. The van der Waals surface area contributed by atoms with E-state index in [0.717, 1.165) is 33.3 Å². The lowest BCUT2D eigenvalue weighted by Gasteiger charge is -2.09. The van der Waals surface area contributed by atoms with E-state index in [-0.39, 0.29) is 0 Å². The minimum absolute atomic E-state index is 0.889. The van der Waals surface area contributed by atoms with Crippen LogP contribution in [0.4, 0.5) is 0 Å². The Bertz CT molecular complexity index is 2710. The molecule has 3 nitrogen and oxygen atoms in total. The number of benzene rings is 7. The predicted molar refractivity (Wildman–Crippen MR) is 199 cm³/mol. The van der Waals surface area contributed by atoms with E-state index in [9.17, 15) is 0 Å². The van der Waals surface area contributed by atoms with E-state index in [2.05, 4.69) is 167 Å². The fourth-order valence-corrected chi connectivity index (χ4v) is 7.29. The van der Waals surface area contributed by atoms with Crippen molar-refractivity contribution in [3.8, 4) is 22.5 Å². The van der Waals surface area contributed by atoms with Gasteiger partial charge in [-0.2, -0.15) is 0 Å². The molecule has 0 unspecified atom stereocenters. The van der Waals surface area contributed by atoms with Gasteiger partial charge < -0.3 is 13.6 Å². The zero-order valence-corrected chi connectivity index (χ0v) is 26.3. The van der Waals surface area contributed by atoms with Gasteiger partial charge in [-0.1, -0.05) is 105 Å². The summed E-state index contributed by atoms with van der Waals surface area (Å²) in [5, 5.41) is 7.23. The van der Waals surface area contributed by atoms with Gasteiger partial charge in [-0.25, -0.2) is 0 Å². The van der Waals surface area contributed by atoms with Crippen LogP contribution < -0.4 is 0 Å². The highest BCUT2D eigenvalue weighted by atomic mass is 16.3. The first-order valence-electron chi connectivity index (χ1n) is 16.4. The Kier molecular flexibility index (Phi) is 6.26. The molecule has 0 bridgehead atoms. The zero-order valence-electron chi connectivity index (χ0n) is 26.3. The van der Waals surface area contributed by atoms with Gasteiger partial charge in [0.2, 0.25) is 0 Å². The molecule has 10 aromatic rings. The van der Waals surface area contributed by atoms with E-state index in [4.69, 9.17) is 4.42 Å². The Balaban J connectivity index is 0.00000149. The lowest BCUT2D eigenvalue weighted by atomic mass is 10.0. The fourth-order valence-electron chi connectivity index (χ4n) is 7.29. The molecule has 3 aromatic heterocycles. The lowest BCUT2D eigenvalue weighted by Crippen LogP contribution is -1.94. The molecular formula is C44H32N2O. The topological polar surface area (TPSA) is 23.0 Å². The van der Waals surface area contributed by atoms with Gasteiger partial charge >= 0.3 is 0 Å². The third kappa shape index (κ3) is 4.13. The summed E-state index contributed by atoms with van der Waals surface area (Å²) >= 11 is 0. The first kappa shape index (κ1) is 27.3. The number of fused-ring (bicyclic) bond motifs is 9. The fraction of sp³-hybridized carbons (Fsp3) is 0.0455. The maximum Gasteiger partial charge on any atom is 0.135 e. The number of para-hydroxylation sites is 3. The maximum absolute atomic E-state index is 6.39. The SMILES string of the molecule is CC.c1ccc(-c2ccc3c(c2)c2ccccc2n3-c2ccc3oc4ccc(-n5c6ccccc6c6ccccc65)cc4c3c2)cc1. The van der Waals surface area contributed by atoms with Crippen molar-refractivity contribution in [3.63, 3.8) is 0 Å². The van der Waals surface area contributed by atoms with Gasteiger partial charge in [0.25, 0.3) is 0 Å². The molecule has 0 atom stereocenters. The molecule has 224 valence electrons. The summed E-state index contributed by atoms with van der Waals surface area (Å²) in [5.74, 6) is 0. The van der Waals surface area contributed by atoms with Crippen LogP contribution in [0.1, 0.15) is 13.8 Å². The summed E-state index contributed by atoms with van der Waals surface area (Å²) in [6.45, 7) is 4.00. The van der Waals surface area contributed by atoms with Crippen molar-refractivity contribution in [1.82, 2.24) is 9.13 Å². The third-order valence-electron chi connectivity index (χ3n) is 9.31. The molecule has 0 aliphatic carbocycles. The number of aromatic nitrogens is 2. The number of hydrogen-bond acceptors (Lipinski definition) is 1. The van der Waals surface area contributed by atoms with Crippen molar-refractivity contribution in [1.29, 1.82) is 0 Å². The van der Waals surface area contributed by atoms with Crippen molar-refractivity contribution >= 4 is 65.6 Å². The summed E-state index contributed by atoms with van der Waals surface area (Å²) in [6.07, 6.45) is 0. The van der Waals surface area contributed by atoms with Crippen LogP contribution in [0.15, 0.2) is 162 Å². The minimum atomic E-state index is 0.889. The number of nitrogens with zero attached hydrogens (tertiary/aromatic N) is 2. The summed E-state index contributed by atoms with van der Waals surface area (Å²) in [7, 11) is 0. The Morgan fingerprint density at radius 1 is 0.340 bits per heavy atom. The minimum Gasteiger partial charge on any atom is -0.456 e. The molecule has 0 amide bonds. The van der Waals surface area contributed by atoms with Gasteiger partial charge in [0.15, 0.2) is 0 Å². The largest absolute Gasteiger partial charge is 0.456 e. The monoisotopic (exact) mass is 604 g/mol. The number of rotatable bonds is 3. The van der Waals surface area contributed by atoms with Crippen LogP contribution in [0.25, 0.3) is 88.1 Å². The second-order valence-electron chi connectivity index (χ2n) is 11.8. The molecule has 0 aliphatic heterocycles. The smallest absolute Gasteiger partial charge is 0.135 e. The quantitative estimate of drug-likeness (QED) is 0.197. The van der Waals surface area contributed by atoms with Crippen LogP contribution >= 0.6 is 0 Å². The van der Waals surface area contributed by atoms with Crippen molar-refractivity contribution < 1.29 is 4.42 Å². The van der Waals surface area contributed by atoms with Crippen LogP contribution in [0.3, 0.4) is 0 Å². The normalized spacial score (nSPS) is 11.6. The second kappa shape index (κ2) is 10.8. The van der Waals surface area contributed by atoms with Crippen molar-refractivity contribution in [2.75, 3.05) is 0 Å². The van der Waals surface area contributed by atoms with E-state index in [1.165, 1.54) is 54.7 Å². The van der Waals surface area contributed by atoms with Crippen molar-refractivity contribution in [3.05, 3.63) is 158 Å². The highest BCUT2D eigenvalue weighted by Crippen LogP contribution is 2.39. The first-order valence-corrected chi connectivity index (χ1v) is 16.4. The average Bonchev–Trinajstić information content (AvgIpc) is 3.79. The maximum atomic E-state index is 6.39. The molecule has 0 saturated heterocycles. The molecule has 0 spiro atoms. The second-order valence-corrected chi connectivity index (χ2v) is 11.8. The van der Waals surface area contributed by atoms with Crippen LogP contribution in [0.5, 0.6) is 0 Å². The Labute approximate surface area is 272 Å². The summed E-state index contributed by atoms with van der Waals surface area (Å²) in [4.78, 5) is 0. The van der Waals surface area contributed by atoms with Crippen LogP contribution in [0.2, 0.25) is 0 Å². The van der Waals surface area contributed by atoms with Gasteiger partial charge in [0.05, 0.1) is 22.1 Å². The van der Waals surface area contributed by atoms with Crippen molar-refractivity contribution in [2.24, 2.45) is 0 Å². The summed E-state index contributed by atoms with van der Waals surface area (Å²) in [6, 6.07) is 56.5. The standard InChI is InChI=1S/C42H26N2O.C2H6/c1-2-10-27(11-3-1)28-18-21-40-34(24-28)33-14-6-9-17-39(33)44(40)30-20-23-42-36(26-30)35-25-29(19-22-41(35)45-42)43-37-15-7-4-12-31(37)32-13-5-8-16-38(32)43;1-2/h1-26H;1-2H3. The molecule has 0 aliphatic rings. The van der Waals surface area contributed by atoms with E-state index in [1.807, 2.05) is 13.8 Å². The van der Waals surface area contributed by atoms with E-state index >= 15 is 0 Å². The average molecular weight is 605 g/mol. The summed E-state index contributed by atoms with van der Waals surface area (Å²) < 4.78 is 11.1. The van der Waals surface area contributed by atoms with Gasteiger partial charge in [-0.15, -0.1) is 0 Å². The predicted octanol–water partition coefficient (Wildman–Crippen LogP) is 12.5. The van der Waals surface area contributed by atoms with Gasteiger partial charge in [0, 0.05) is 43.7 Å². The highest BCUT2D eigenvalue weighted by molar-refractivity contribution is 6.13. The molecule has 0 fully saturated rings. The number of hydrogen-bond donors (Lipinski definition) is 0. The van der Waals surface area contributed by atoms with Gasteiger partial charge in [-0.05, 0) is 77.9 Å². The number of furan rings is 1. The van der Waals surface area contributed by atoms with Crippen molar-refractivity contribution in [2.45, 2.75) is 13.8 Å². The third-order valence-corrected chi connectivity index (χ3v) is 9.31. The summed E-state index contributed by atoms with van der Waals surface area (Å²) in [5.41, 5.74) is 11.2. The van der Waals surface area contributed by atoms with Gasteiger partial charge in [-0.3, -0.25) is 0 Å². The van der Waals surface area contributed by atoms with E-state index in [0.29, 0.717) is 0 Å². The Morgan fingerprint density at radius 3 is 1.32 bits per heavy atom. The van der Waals surface area contributed by atoms with E-state index in [1.54, 1.807) is 0 Å². The van der Waals surface area contributed by atoms with Crippen LogP contribution in [-0.2, 0) is 0 Å². The molecule has 7 aromatic carbocycles.